The molecule has 0 aliphatic carbocycles. The molecule has 20 heavy (non-hydrogen) atoms. The highest BCUT2D eigenvalue weighted by Crippen LogP contribution is 2.35. The molecule has 0 amide bonds. The highest BCUT2D eigenvalue weighted by atomic mass is 19.1. The average molecular weight is 280 g/mol. The largest absolute Gasteiger partial charge is 0.493 e. The lowest BCUT2D eigenvalue weighted by atomic mass is 10.2. The van der Waals surface area contributed by atoms with Crippen LogP contribution in [0.5, 0.6) is 17.2 Å². The first kappa shape index (κ1) is 14.3. The van der Waals surface area contributed by atoms with Gasteiger partial charge in [0.1, 0.15) is 0 Å². The Hall–Kier alpha value is -2.14. The SMILES string of the molecule is COc1cc(C)ccc1Oc1c(F)cc(CO)cc1F. The Labute approximate surface area is 115 Å². The number of halogens is 2. The fourth-order valence-electron chi connectivity index (χ4n) is 1.77. The van der Waals surface area contributed by atoms with Crippen LogP contribution in [0.4, 0.5) is 8.78 Å². The normalized spacial score (nSPS) is 10.4. The van der Waals surface area contributed by atoms with Crippen LogP contribution in [0.25, 0.3) is 0 Å². The average Bonchev–Trinajstić information content (AvgIpc) is 2.43. The van der Waals surface area contributed by atoms with Gasteiger partial charge in [-0.05, 0) is 42.3 Å². The molecule has 0 heterocycles. The van der Waals surface area contributed by atoms with Crippen LogP contribution in [0.15, 0.2) is 30.3 Å². The molecule has 1 N–H and O–H groups in total. The smallest absolute Gasteiger partial charge is 0.198 e. The summed E-state index contributed by atoms with van der Waals surface area (Å²) < 4.78 is 37.9. The van der Waals surface area contributed by atoms with E-state index in [1.807, 2.05) is 6.92 Å². The molecule has 0 aliphatic heterocycles. The second-order valence-corrected chi connectivity index (χ2v) is 4.30. The molecule has 0 saturated heterocycles. The summed E-state index contributed by atoms with van der Waals surface area (Å²) in [5, 5.41) is 8.89. The van der Waals surface area contributed by atoms with Crippen LogP contribution in [0, 0.1) is 18.6 Å². The van der Waals surface area contributed by atoms with E-state index in [1.165, 1.54) is 7.11 Å². The molecule has 0 unspecified atom stereocenters. The Bertz CT molecular complexity index is 604. The summed E-state index contributed by atoms with van der Waals surface area (Å²) in [5.74, 6) is -1.68. The van der Waals surface area contributed by atoms with Crippen LogP contribution in [0.2, 0.25) is 0 Å². The van der Waals surface area contributed by atoms with Crippen molar-refractivity contribution in [3.05, 3.63) is 53.1 Å². The summed E-state index contributed by atoms with van der Waals surface area (Å²) in [6.45, 7) is 1.42. The summed E-state index contributed by atoms with van der Waals surface area (Å²) in [4.78, 5) is 0. The van der Waals surface area contributed by atoms with Crippen molar-refractivity contribution in [2.75, 3.05) is 7.11 Å². The molecule has 0 aliphatic rings. The van der Waals surface area contributed by atoms with E-state index in [2.05, 4.69) is 0 Å². The predicted molar refractivity (Wildman–Crippen MR) is 70.1 cm³/mol. The van der Waals surface area contributed by atoms with Gasteiger partial charge in [0.15, 0.2) is 28.9 Å². The van der Waals surface area contributed by atoms with Crippen LogP contribution in [-0.2, 0) is 6.61 Å². The van der Waals surface area contributed by atoms with Crippen molar-refractivity contribution in [3.63, 3.8) is 0 Å². The zero-order valence-corrected chi connectivity index (χ0v) is 11.1. The van der Waals surface area contributed by atoms with Gasteiger partial charge in [0.2, 0.25) is 0 Å². The zero-order valence-electron chi connectivity index (χ0n) is 11.1. The summed E-state index contributed by atoms with van der Waals surface area (Å²) >= 11 is 0. The highest BCUT2D eigenvalue weighted by molar-refractivity contribution is 5.46. The molecule has 0 atom stereocenters. The molecule has 3 nitrogen and oxygen atoms in total. The van der Waals surface area contributed by atoms with Gasteiger partial charge in [-0.15, -0.1) is 0 Å². The van der Waals surface area contributed by atoms with Crippen molar-refractivity contribution in [2.24, 2.45) is 0 Å². The minimum absolute atomic E-state index is 0.142. The molecular weight excluding hydrogens is 266 g/mol. The van der Waals surface area contributed by atoms with Crippen molar-refractivity contribution in [2.45, 2.75) is 13.5 Å². The molecule has 106 valence electrons. The van der Waals surface area contributed by atoms with Gasteiger partial charge in [0.05, 0.1) is 13.7 Å². The molecule has 5 heteroatoms. The third kappa shape index (κ3) is 2.88. The molecule has 0 fully saturated rings. The molecule has 0 saturated carbocycles. The van der Waals surface area contributed by atoms with Crippen molar-refractivity contribution >= 4 is 0 Å². The van der Waals surface area contributed by atoms with Crippen molar-refractivity contribution in [3.8, 4) is 17.2 Å². The van der Waals surface area contributed by atoms with E-state index in [-0.39, 0.29) is 11.3 Å². The van der Waals surface area contributed by atoms with Crippen molar-refractivity contribution in [1.82, 2.24) is 0 Å². The van der Waals surface area contributed by atoms with E-state index in [4.69, 9.17) is 14.6 Å². The zero-order chi connectivity index (χ0) is 14.7. The molecule has 2 rings (SSSR count). The Morgan fingerprint density at radius 2 is 1.70 bits per heavy atom. The van der Waals surface area contributed by atoms with E-state index in [0.29, 0.717) is 5.75 Å². The number of aliphatic hydroxyl groups excluding tert-OH is 1. The quantitative estimate of drug-likeness (QED) is 0.930. The second-order valence-electron chi connectivity index (χ2n) is 4.30. The topological polar surface area (TPSA) is 38.7 Å². The highest BCUT2D eigenvalue weighted by Gasteiger charge is 2.15. The fourth-order valence-corrected chi connectivity index (χ4v) is 1.77. The van der Waals surface area contributed by atoms with Crippen molar-refractivity contribution in [1.29, 1.82) is 0 Å². The maximum absolute atomic E-state index is 13.8. The fraction of sp³-hybridized carbons (Fsp3) is 0.200. The lowest BCUT2D eigenvalue weighted by Crippen LogP contribution is -1.97. The number of ether oxygens (including phenoxy) is 2. The van der Waals surface area contributed by atoms with Gasteiger partial charge < -0.3 is 14.6 Å². The minimum Gasteiger partial charge on any atom is -0.493 e. The van der Waals surface area contributed by atoms with Crippen LogP contribution in [-0.4, -0.2) is 12.2 Å². The Kier molecular flexibility index (Phi) is 4.20. The maximum Gasteiger partial charge on any atom is 0.198 e. The summed E-state index contributed by atoms with van der Waals surface area (Å²) in [7, 11) is 1.45. The minimum atomic E-state index is -0.878. The lowest BCUT2D eigenvalue weighted by molar-refractivity contribution is 0.279. The summed E-state index contributed by atoms with van der Waals surface area (Å²) in [6.07, 6.45) is 0. The van der Waals surface area contributed by atoms with Crippen LogP contribution < -0.4 is 9.47 Å². The number of rotatable bonds is 4. The molecule has 0 radical (unpaired) electrons. The molecule has 2 aromatic carbocycles. The second kappa shape index (κ2) is 5.88. The maximum atomic E-state index is 13.8. The van der Waals surface area contributed by atoms with Gasteiger partial charge in [0, 0.05) is 0 Å². The first-order chi connectivity index (χ1) is 9.55. The Morgan fingerprint density at radius 3 is 2.25 bits per heavy atom. The van der Waals surface area contributed by atoms with Crippen LogP contribution in [0.1, 0.15) is 11.1 Å². The summed E-state index contributed by atoms with van der Waals surface area (Å²) in [6, 6.07) is 7.08. The summed E-state index contributed by atoms with van der Waals surface area (Å²) in [5.41, 5.74) is 1.08. The lowest BCUT2D eigenvalue weighted by Gasteiger charge is -2.12. The van der Waals surface area contributed by atoms with E-state index < -0.39 is 24.0 Å². The van der Waals surface area contributed by atoms with Gasteiger partial charge in [-0.1, -0.05) is 6.07 Å². The third-order valence-corrected chi connectivity index (χ3v) is 2.77. The monoisotopic (exact) mass is 280 g/mol. The van der Waals surface area contributed by atoms with Gasteiger partial charge >= 0.3 is 0 Å². The Morgan fingerprint density at radius 1 is 1.05 bits per heavy atom. The van der Waals surface area contributed by atoms with Gasteiger partial charge in [-0.25, -0.2) is 8.78 Å². The van der Waals surface area contributed by atoms with Crippen LogP contribution in [0.3, 0.4) is 0 Å². The van der Waals surface area contributed by atoms with E-state index in [1.54, 1.807) is 18.2 Å². The van der Waals surface area contributed by atoms with E-state index in [9.17, 15) is 8.78 Å². The molecule has 2 aromatic rings. The van der Waals surface area contributed by atoms with Crippen molar-refractivity contribution < 1.29 is 23.4 Å². The molecule has 0 spiro atoms. The standard InChI is InChI=1S/C15H14F2O3/c1-9-3-4-13(14(5-9)19-2)20-15-11(16)6-10(8-18)7-12(15)17/h3-7,18H,8H2,1-2H3. The van der Waals surface area contributed by atoms with E-state index >= 15 is 0 Å². The number of aryl methyl sites for hydroxylation is 1. The predicted octanol–water partition coefficient (Wildman–Crippen LogP) is 3.57. The van der Waals surface area contributed by atoms with Gasteiger partial charge in [0.25, 0.3) is 0 Å². The number of aliphatic hydroxyl groups is 1. The first-order valence-corrected chi connectivity index (χ1v) is 5.96. The number of methoxy groups -OCH3 is 1. The van der Waals surface area contributed by atoms with E-state index in [0.717, 1.165) is 17.7 Å². The van der Waals surface area contributed by atoms with Gasteiger partial charge in [-0.3, -0.25) is 0 Å². The first-order valence-electron chi connectivity index (χ1n) is 5.96. The third-order valence-electron chi connectivity index (χ3n) is 2.77. The number of hydrogen-bond donors (Lipinski definition) is 1. The number of hydrogen-bond acceptors (Lipinski definition) is 3. The Balaban J connectivity index is 2.40. The molecule has 0 aromatic heterocycles. The number of benzene rings is 2. The molecule has 0 bridgehead atoms. The van der Waals surface area contributed by atoms with Gasteiger partial charge in [-0.2, -0.15) is 0 Å². The van der Waals surface area contributed by atoms with Crippen LogP contribution >= 0.6 is 0 Å². The molecular formula is C15H14F2O3.